The molecule has 0 amide bonds. The number of rotatable bonds is 12. The Morgan fingerprint density at radius 1 is 0.429 bits per heavy atom. The predicted octanol–water partition coefficient (Wildman–Crippen LogP) is 12.4. The Labute approximate surface area is 291 Å². The van der Waals surface area contributed by atoms with E-state index in [2.05, 4.69) is 0 Å². The van der Waals surface area contributed by atoms with Gasteiger partial charge in [0.15, 0.2) is 11.8 Å². The molecule has 0 atom stereocenters. The number of ether oxygens (including phenoxy) is 5. The third kappa shape index (κ3) is 10.1. The zero-order chi connectivity index (χ0) is 33.7. The van der Waals surface area contributed by atoms with Crippen molar-refractivity contribution in [3.63, 3.8) is 0 Å². The number of hydrogen-bond acceptors (Lipinski definition) is 7. The average Bonchev–Trinajstić information content (AvgIpc) is 3.15. The minimum absolute atomic E-state index is 0.423. The molecule has 2 fully saturated rings. The van der Waals surface area contributed by atoms with Gasteiger partial charge in [0.1, 0.15) is 34.5 Å². The summed E-state index contributed by atoms with van der Waals surface area (Å²) in [6.07, 6.45) is 12.2. The molecule has 4 aromatic carbocycles. The second kappa shape index (κ2) is 17.6. The number of benzene rings is 4. The Hall–Kier alpha value is -4.78. The van der Waals surface area contributed by atoms with Gasteiger partial charge in [0, 0.05) is 11.8 Å². The van der Waals surface area contributed by atoms with Crippen molar-refractivity contribution in [1.29, 1.82) is 0 Å². The molecule has 0 unspecified atom stereocenters. The van der Waals surface area contributed by atoms with Crippen molar-refractivity contribution in [1.82, 2.24) is 0 Å². The average molecular weight is 661 g/mol. The lowest BCUT2D eigenvalue weighted by atomic mass is 9.89. The summed E-state index contributed by atoms with van der Waals surface area (Å²) in [5.74, 6) is 6.95. The van der Waals surface area contributed by atoms with E-state index in [1.165, 1.54) is 38.5 Å². The topological polar surface area (TPSA) is 70.9 Å². The van der Waals surface area contributed by atoms with Crippen molar-refractivity contribution in [3.05, 3.63) is 97.1 Å². The highest BCUT2D eigenvalue weighted by molar-refractivity contribution is 5.82. The van der Waals surface area contributed by atoms with E-state index in [9.17, 15) is 0 Å². The van der Waals surface area contributed by atoms with Gasteiger partial charge >= 0.3 is 0 Å². The van der Waals surface area contributed by atoms with Crippen LogP contribution in [0.15, 0.2) is 107 Å². The van der Waals surface area contributed by atoms with E-state index in [4.69, 9.17) is 33.7 Å². The summed E-state index contributed by atoms with van der Waals surface area (Å²) in [5.41, 5.74) is 1.76. The molecule has 0 saturated heterocycles. The predicted molar refractivity (Wildman–Crippen MR) is 197 cm³/mol. The molecule has 0 spiro atoms. The fourth-order valence-electron chi connectivity index (χ4n) is 6.47. The molecule has 4 aromatic rings. The lowest BCUT2D eigenvalue weighted by Crippen LogP contribution is -2.20. The van der Waals surface area contributed by atoms with Crippen LogP contribution in [0.1, 0.15) is 78.1 Å². The molecule has 0 aromatic heterocycles. The molecule has 0 N–H and O–H groups in total. The third-order valence-electron chi connectivity index (χ3n) is 9.00. The second-order valence-corrected chi connectivity index (χ2v) is 12.7. The molecule has 0 aliphatic heterocycles. The molecule has 0 bridgehead atoms. The molecule has 7 heteroatoms. The maximum Gasteiger partial charge on any atom is 0.191 e. The Bertz CT molecular complexity index is 1510. The highest BCUT2D eigenvalue weighted by atomic mass is 16.5. The van der Waals surface area contributed by atoms with Crippen molar-refractivity contribution in [2.75, 3.05) is 13.2 Å². The fraction of sp³-hybridized carbons (Fsp3) is 0.381. The van der Waals surface area contributed by atoms with Crippen molar-refractivity contribution < 1.29 is 23.7 Å². The van der Waals surface area contributed by atoms with Crippen LogP contribution in [0, 0.1) is 11.8 Å². The molecule has 256 valence electrons. The monoisotopic (exact) mass is 660 g/mol. The van der Waals surface area contributed by atoms with E-state index < -0.39 is 0 Å². The molecule has 49 heavy (non-hydrogen) atoms. The number of hydrogen-bond donors (Lipinski definition) is 0. The Morgan fingerprint density at radius 3 is 0.959 bits per heavy atom. The Morgan fingerprint density at radius 2 is 0.694 bits per heavy atom. The van der Waals surface area contributed by atoms with E-state index >= 15 is 0 Å². The van der Waals surface area contributed by atoms with Crippen LogP contribution in [0.5, 0.6) is 34.5 Å². The van der Waals surface area contributed by atoms with E-state index in [1.54, 1.807) is 0 Å². The highest BCUT2D eigenvalue weighted by Crippen LogP contribution is 2.32. The lowest BCUT2D eigenvalue weighted by molar-refractivity contribution is 0.279. The van der Waals surface area contributed by atoms with Crippen molar-refractivity contribution in [2.24, 2.45) is 21.8 Å². The summed E-state index contributed by atoms with van der Waals surface area (Å²) in [6, 6.07) is 30.8. The van der Waals surface area contributed by atoms with Gasteiger partial charge in [-0.25, -0.2) is 9.98 Å². The quantitative estimate of drug-likeness (QED) is 0.112. The molecule has 2 saturated carbocycles. The van der Waals surface area contributed by atoms with Crippen molar-refractivity contribution >= 4 is 23.2 Å². The van der Waals surface area contributed by atoms with Crippen LogP contribution in [-0.4, -0.2) is 25.0 Å². The molecule has 6 rings (SSSR count). The van der Waals surface area contributed by atoms with Gasteiger partial charge in [-0.3, -0.25) is 0 Å². The number of aliphatic imine (C=N–C) groups is 2. The summed E-state index contributed by atoms with van der Waals surface area (Å²) in [7, 11) is 0. The van der Waals surface area contributed by atoms with Crippen LogP contribution in [0.3, 0.4) is 0 Å². The number of nitrogens with zero attached hydrogens (tertiary/aromatic N) is 2. The minimum Gasteiger partial charge on any atom is -0.481 e. The first-order valence-electron chi connectivity index (χ1n) is 18.0. The highest BCUT2D eigenvalue weighted by Gasteiger charge is 2.21. The SMILES string of the molecule is CCOC(=Nc1ccc(Oc2ccc(Oc3ccc(Oc4ccc(N=C(OCC)C5CCCCC5)cc4)cc3)cc2)cc1)C1CCCCC1. The summed E-state index contributed by atoms with van der Waals surface area (Å²) in [6.45, 7) is 5.31. The van der Waals surface area contributed by atoms with Gasteiger partial charge in [-0.2, -0.15) is 0 Å². The molecular weight excluding hydrogens is 612 g/mol. The van der Waals surface area contributed by atoms with E-state index in [0.717, 1.165) is 71.9 Å². The first-order chi connectivity index (χ1) is 24.1. The normalized spacial score (nSPS) is 16.2. The zero-order valence-electron chi connectivity index (χ0n) is 28.8. The van der Waals surface area contributed by atoms with E-state index in [0.29, 0.717) is 36.5 Å². The van der Waals surface area contributed by atoms with E-state index in [-0.39, 0.29) is 0 Å². The Kier molecular flexibility index (Phi) is 12.2. The van der Waals surface area contributed by atoms with Gasteiger partial charge in [-0.1, -0.05) is 38.5 Å². The lowest BCUT2D eigenvalue weighted by Gasteiger charge is -2.23. The smallest absolute Gasteiger partial charge is 0.191 e. The van der Waals surface area contributed by atoms with Gasteiger partial charge in [0.2, 0.25) is 0 Å². The van der Waals surface area contributed by atoms with Gasteiger partial charge in [0.25, 0.3) is 0 Å². The van der Waals surface area contributed by atoms with Crippen LogP contribution >= 0.6 is 0 Å². The maximum atomic E-state index is 6.08. The summed E-state index contributed by atoms with van der Waals surface area (Å²) >= 11 is 0. The molecule has 2 aliphatic rings. The van der Waals surface area contributed by atoms with E-state index in [1.807, 2.05) is 111 Å². The zero-order valence-corrected chi connectivity index (χ0v) is 28.8. The van der Waals surface area contributed by atoms with Crippen LogP contribution in [0.25, 0.3) is 0 Å². The fourth-order valence-corrected chi connectivity index (χ4v) is 6.47. The summed E-state index contributed by atoms with van der Waals surface area (Å²) in [5, 5.41) is 0. The molecule has 0 heterocycles. The molecule has 7 nitrogen and oxygen atoms in total. The van der Waals surface area contributed by atoms with Crippen LogP contribution < -0.4 is 14.2 Å². The van der Waals surface area contributed by atoms with Crippen molar-refractivity contribution in [3.8, 4) is 34.5 Å². The second-order valence-electron chi connectivity index (χ2n) is 12.7. The van der Waals surface area contributed by atoms with Gasteiger partial charge in [0.05, 0.1) is 24.6 Å². The largest absolute Gasteiger partial charge is 0.481 e. The third-order valence-corrected chi connectivity index (χ3v) is 9.00. The first kappa shape index (κ1) is 34.1. The molecular formula is C42H48N2O5. The summed E-state index contributed by atoms with van der Waals surface area (Å²) < 4.78 is 30.1. The minimum atomic E-state index is 0.423. The van der Waals surface area contributed by atoms with Crippen LogP contribution in [0.4, 0.5) is 11.4 Å². The van der Waals surface area contributed by atoms with Gasteiger partial charge in [-0.05, 0) is 137 Å². The summed E-state index contributed by atoms with van der Waals surface area (Å²) in [4.78, 5) is 9.67. The van der Waals surface area contributed by atoms with Gasteiger partial charge in [-0.15, -0.1) is 0 Å². The maximum absolute atomic E-state index is 6.08. The van der Waals surface area contributed by atoms with Crippen LogP contribution in [0.2, 0.25) is 0 Å². The van der Waals surface area contributed by atoms with Gasteiger partial charge < -0.3 is 23.7 Å². The first-order valence-corrected chi connectivity index (χ1v) is 18.0. The van der Waals surface area contributed by atoms with Crippen LogP contribution in [-0.2, 0) is 9.47 Å². The Balaban J connectivity index is 0.996. The van der Waals surface area contributed by atoms with Crippen molar-refractivity contribution in [2.45, 2.75) is 78.1 Å². The molecule has 2 aliphatic carbocycles. The standard InChI is InChI=1S/C42H48N2O5/c1-3-45-41(31-11-7-5-8-12-31)43-33-15-19-35(20-16-33)47-37-23-27-39(28-24-37)49-40-29-25-38(26-30-40)48-36-21-17-34(18-22-36)44-42(46-4-2)32-13-9-6-10-14-32/h15-32H,3-14H2,1-2H3. The molecule has 0 radical (unpaired) electrons.